The lowest BCUT2D eigenvalue weighted by atomic mass is 10.2. The van der Waals surface area contributed by atoms with Crippen LogP contribution in [0.4, 0.5) is 5.69 Å². The van der Waals surface area contributed by atoms with Crippen molar-refractivity contribution in [1.82, 2.24) is 0 Å². The highest BCUT2D eigenvalue weighted by molar-refractivity contribution is 9.10. The smallest absolute Gasteiger partial charge is 0.231 e. The van der Waals surface area contributed by atoms with Crippen molar-refractivity contribution in [2.45, 2.75) is 6.42 Å². The Kier molecular flexibility index (Phi) is 4.17. The van der Waals surface area contributed by atoms with Gasteiger partial charge in [0.2, 0.25) is 5.91 Å². The van der Waals surface area contributed by atoms with Gasteiger partial charge in [-0.1, -0.05) is 33.6 Å². The Morgan fingerprint density at radius 3 is 2.71 bits per heavy atom. The van der Waals surface area contributed by atoms with E-state index in [0.717, 1.165) is 21.5 Å². The summed E-state index contributed by atoms with van der Waals surface area (Å²) in [6, 6.07) is 13.2. The van der Waals surface area contributed by atoms with Gasteiger partial charge in [-0.15, -0.1) is 0 Å². The van der Waals surface area contributed by atoms with Gasteiger partial charge >= 0.3 is 0 Å². The third-order valence-corrected chi connectivity index (χ3v) is 4.14. The lowest BCUT2D eigenvalue weighted by Crippen LogP contribution is -2.31. The van der Waals surface area contributed by atoms with Gasteiger partial charge < -0.3 is 9.64 Å². The zero-order valence-corrected chi connectivity index (χ0v) is 13.5. The normalized spacial score (nSPS) is 13.4. The molecular formula is C16H13BrClNO2. The van der Waals surface area contributed by atoms with E-state index < -0.39 is 0 Å². The van der Waals surface area contributed by atoms with Crippen LogP contribution in [0.15, 0.2) is 46.9 Å². The van der Waals surface area contributed by atoms with E-state index in [2.05, 4.69) is 15.9 Å². The lowest BCUT2D eigenvalue weighted by Gasteiger charge is -2.18. The van der Waals surface area contributed by atoms with Crippen LogP contribution in [0.1, 0.15) is 5.56 Å². The fraction of sp³-hybridized carbons (Fsp3) is 0.188. The van der Waals surface area contributed by atoms with Crippen molar-refractivity contribution in [3.8, 4) is 5.75 Å². The fourth-order valence-electron chi connectivity index (χ4n) is 2.36. The third kappa shape index (κ3) is 3.22. The van der Waals surface area contributed by atoms with Crippen LogP contribution in [0, 0.1) is 0 Å². The molecule has 0 saturated carbocycles. The second kappa shape index (κ2) is 6.08. The maximum absolute atomic E-state index is 12.1. The first-order valence-corrected chi connectivity index (χ1v) is 7.78. The van der Waals surface area contributed by atoms with Crippen molar-refractivity contribution in [1.29, 1.82) is 0 Å². The number of anilines is 1. The van der Waals surface area contributed by atoms with Crippen LogP contribution in [0.3, 0.4) is 0 Å². The molecule has 0 spiro atoms. The van der Waals surface area contributed by atoms with Gasteiger partial charge in [-0.3, -0.25) is 4.79 Å². The average Bonchev–Trinajstić information content (AvgIpc) is 2.77. The van der Waals surface area contributed by atoms with Gasteiger partial charge in [0.15, 0.2) is 0 Å². The number of halogens is 2. The topological polar surface area (TPSA) is 29.5 Å². The molecule has 2 aromatic rings. The molecule has 0 fully saturated rings. The summed E-state index contributed by atoms with van der Waals surface area (Å²) in [6.07, 6.45) is 0.435. The van der Waals surface area contributed by atoms with Gasteiger partial charge in [-0.05, 0) is 42.0 Å². The molecule has 1 aliphatic heterocycles. The summed E-state index contributed by atoms with van der Waals surface area (Å²) in [6.45, 7) is 0.960. The molecule has 1 aliphatic rings. The first kappa shape index (κ1) is 14.4. The van der Waals surface area contributed by atoms with Crippen molar-refractivity contribution in [2.24, 2.45) is 0 Å². The van der Waals surface area contributed by atoms with Crippen molar-refractivity contribution < 1.29 is 9.53 Å². The Bertz CT molecular complexity index is 672. The minimum Gasteiger partial charge on any atom is -0.492 e. The molecule has 1 amide bonds. The molecule has 108 valence electrons. The zero-order chi connectivity index (χ0) is 14.8. The molecule has 0 aromatic heterocycles. The van der Waals surface area contributed by atoms with E-state index in [4.69, 9.17) is 16.3 Å². The highest BCUT2D eigenvalue weighted by atomic mass is 79.9. The molecule has 21 heavy (non-hydrogen) atoms. The first-order chi connectivity index (χ1) is 10.1. The van der Waals surface area contributed by atoms with E-state index in [0.29, 0.717) is 24.6 Å². The molecule has 3 rings (SSSR count). The summed E-state index contributed by atoms with van der Waals surface area (Å²) in [4.78, 5) is 13.8. The van der Waals surface area contributed by atoms with Crippen LogP contribution in [0.25, 0.3) is 0 Å². The number of nitrogens with zero attached hydrogens (tertiary/aromatic N) is 1. The summed E-state index contributed by atoms with van der Waals surface area (Å²) in [5.41, 5.74) is 1.92. The SMILES string of the molecule is O=C1Cc2ccc(Cl)cc2N1CCOc1ccc(Br)cc1. The molecule has 0 saturated heterocycles. The zero-order valence-electron chi connectivity index (χ0n) is 11.2. The van der Waals surface area contributed by atoms with E-state index >= 15 is 0 Å². The molecule has 0 aliphatic carbocycles. The number of ether oxygens (including phenoxy) is 1. The summed E-state index contributed by atoms with van der Waals surface area (Å²) in [7, 11) is 0. The molecular weight excluding hydrogens is 354 g/mol. The molecule has 1 heterocycles. The van der Waals surface area contributed by atoms with Gasteiger partial charge in [0.05, 0.1) is 13.0 Å². The van der Waals surface area contributed by atoms with Crippen LogP contribution in [-0.2, 0) is 11.2 Å². The van der Waals surface area contributed by atoms with E-state index in [1.807, 2.05) is 42.5 Å². The maximum atomic E-state index is 12.1. The van der Waals surface area contributed by atoms with Gasteiger partial charge in [0, 0.05) is 15.2 Å². The highest BCUT2D eigenvalue weighted by Crippen LogP contribution is 2.31. The number of rotatable bonds is 4. The molecule has 5 heteroatoms. The number of hydrogen-bond acceptors (Lipinski definition) is 2. The minimum absolute atomic E-state index is 0.0895. The number of carbonyl (C=O) groups is 1. The maximum Gasteiger partial charge on any atom is 0.231 e. The van der Waals surface area contributed by atoms with Crippen molar-refractivity contribution >= 4 is 39.1 Å². The van der Waals surface area contributed by atoms with E-state index in [1.165, 1.54) is 0 Å². The number of fused-ring (bicyclic) bond motifs is 1. The Morgan fingerprint density at radius 2 is 1.95 bits per heavy atom. The quantitative estimate of drug-likeness (QED) is 0.816. The van der Waals surface area contributed by atoms with Crippen LogP contribution >= 0.6 is 27.5 Å². The van der Waals surface area contributed by atoms with Gasteiger partial charge in [-0.25, -0.2) is 0 Å². The van der Waals surface area contributed by atoms with Crippen molar-refractivity contribution in [3.63, 3.8) is 0 Å². The Morgan fingerprint density at radius 1 is 1.19 bits per heavy atom. The van der Waals surface area contributed by atoms with Crippen molar-refractivity contribution in [2.75, 3.05) is 18.1 Å². The second-order valence-corrected chi connectivity index (χ2v) is 6.15. The highest BCUT2D eigenvalue weighted by Gasteiger charge is 2.26. The summed E-state index contributed by atoms with van der Waals surface area (Å²) in [5, 5.41) is 0.641. The number of carbonyl (C=O) groups excluding carboxylic acids is 1. The molecule has 3 nitrogen and oxygen atoms in total. The van der Waals surface area contributed by atoms with E-state index in [1.54, 1.807) is 4.90 Å². The molecule has 0 bridgehead atoms. The van der Waals surface area contributed by atoms with Crippen LogP contribution in [0.5, 0.6) is 5.75 Å². The lowest BCUT2D eigenvalue weighted by molar-refractivity contribution is -0.117. The predicted molar refractivity (Wildman–Crippen MR) is 87.1 cm³/mol. The van der Waals surface area contributed by atoms with E-state index in [-0.39, 0.29) is 5.91 Å². The molecule has 0 radical (unpaired) electrons. The summed E-state index contributed by atoms with van der Waals surface area (Å²) >= 11 is 9.39. The molecule has 0 atom stereocenters. The Hall–Kier alpha value is -1.52. The van der Waals surface area contributed by atoms with Crippen LogP contribution in [0.2, 0.25) is 5.02 Å². The Labute approximate surface area is 136 Å². The number of benzene rings is 2. The standard InChI is InChI=1S/C16H13BrClNO2/c17-12-2-5-14(6-3-12)21-8-7-19-15-10-13(18)4-1-11(15)9-16(19)20/h1-6,10H,7-9H2. The molecule has 0 N–H and O–H groups in total. The Balaban J connectivity index is 1.65. The van der Waals surface area contributed by atoms with Crippen LogP contribution < -0.4 is 9.64 Å². The molecule has 2 aromatic carbocycles. The average molecular weight is 367 g/mol. The predicted octanol–water partition coefficient (Wildman–Crippen LogP) is 4.07. The number of amides is 1. The van der Waals surface area contributed by atoms with Gasteiger partial charge in [-0.2, -0.15) is 0 Å². The second-order valence-electron chi connectivity index (χ2n) is 4.80. The minimum atomic E-state index is 0.0895. The summed E-state index contributed by atoms with van der Waals surface area (Å²) in [5.74, 6) is 0.878. The van der Waals surface area contributed by atoms with Crippen LogP contribution in [-0.4, -0.2) is 19.1 Å². The largest absolute Gasteiger partial charge is 0.492 e. The monoisotopic (exact) mass is 365 g/mol. The molecule has 0 unspecified atom stereocenters. The van der Waals surface area contributed by atoms with Gasteiger partial charge in [0.25, 0.3) is 0 Å². The third-order valence-electron chi connectivity index (χ3n) is 3.38. The number of hydrogen-bond donors (Lipinski definition) is 0. The van der Waals surface area contributed by atoms with Gasteiger partial charge in [0.1, 0.15) is 12.4 Å². The van der Waals surface area contributed by atoms with E-state index in [9.17, 15) is 4.79 Å². The fourth-order valence-corrected chi connectivity index (χ4v) is 2.79. The first-order valence-electron chi connectivity index (χ1n) is 6.60. The van der Waals surface area contributed by atoms with Crippen molar-refractivity contribution in [3.05, 3.63) is 57.5 Å². The summed E-state index contributed by atoms with van der Waals surface area (Å²) < 4.78 is 6.68.